The van der Waals surface area contributed by atoms with Crippen LogP contribution in [0, 0.1) is 11.6 Å². The average molecular weight is 598 g/mol. The van der Waals surface area contributed by atoms with Crippen LogP contribution in [0.5, 0.6) is 17.2 Å². The van der Waals surface area contributed by atoms with E-state index in [0.717, 1.165) is 60.5 Å². The molecule has 0 bridgehead atoms. The second-order valence-electron chi connectivity index (χ2n) is 10.5. The molecule has 2 heterocycles. The Morgan fingerprint density at radius 2 is 1.91 bits per heavy atom. The normalized spacial score (nSPS) is 18.0. The van der Waals surface area contributed by atoms with Crippen LogP contribution in [-0.2, 0) is 11.3 Å². The van der Waals surface area contributed by atoms with Crippen LogP contribution >= 0.6 is 0 Å². The van der Waals surface area contributed by atoms with Crippen LogP contribution in [0.25, 0.3) is 0 Å². The number of piperidine rings is 1. The number of carbonyl (C=O) groups is 1. The SMILES string of the molecule is O=C(O)NCCN1CCOc2ccc(COC3CNCCC3c3ccc(OCCCOc4cc(F)ccc4F)cc3)cc21. The lowest BCUT2D eigenvalue weighted by atomic mass is 9.87. The average Bonchev–Trinajstić information content (AvgIpc) is 3.02. The molecule has 2 unspecified atom stereocenters. The first-order valence-electron chi connectivity index (χ1n) is 14.6. The molecule has 2 atom stereocenters. The summed E-state index contributed by atoms with van der Waals surface area (Å²) in [6.07, 6.45) is 0.426. The number of halogens is 2. The van der Waals surface area contributed by atoms with Gasteiger partial charge in [-0.25, -0.2) is 13.6 Å². The second kappa shape index (κ2) is 14.9. The number of benzene rings is 3. The van der Waals surface area contributed by atoms with Gasteiger partial charge in [-0.1, -0.05) is 18.2 Å². The van der Waals surface area contributed by atoms with Crippen molar-refractivity contribution in [1.82, 2.24) is 10.6 Å². The molecule has 3 aromatic rings. The number of nitrogens with zero attached hydrogens (tertiary/aromatic N) is 1. The Bertz CT molecular complexity index is 1360. The van der Waals surface area contributed by atoms with E-state index in [4.69, 9.17) is 24.1 Å². The van der Waals surface area contributed by atoms with Crippen molar-refractivity contribution in [3.05, 3.63) is 83.4 Å². The summed E-state index contributed by atoms with van der Waals surface area (Å²) in [5.41, 5.74) is 3.15. The summed E-state index contributed by atoms with van der Waals surface area (Å²) in [4.78, 5) is 13.0. The molecule has 0 spiro atoms. The van der Waals surface area contributed by atoms with E-state index in [-0.39, 0.29) is 24.4 Å². The summed E-state index contributed by atoms with van der Waals surface area (Å²) in [5, 5.41) is 14.8. The molecule has 0 radical (unpaired) electrons. The molecule has 5 rings (SSSR count). The van der Waals surface area contributed by atoms with Gasteiger partial charge in [-0.05, 0) is 60.5 Å². The van der Waals surface area contributed by atoms with Crippen molar-refractivity contribution in [3.63, 3.8) is 0 Å². The Morgan fingerprint density at radius 1 is 1.07 bits per heavy atom. The Hall–Kier alpha value is -4.09. The molecule has 43 heavy (non-hydrogen) atoms. The van der Waals surface area contributed by atoms with Crippen LogP contribution in [0.4, 0.5) is 19.3 Å². The number of nitrogens with one attached hydrogen (secondary N) is 2. The van der Waals surface area contributed by atoms with E-state index >= 15 is 0 Å². The molecule has 0 aromatic heterocycles. The van der Waals surface area contributed by atoms with Gasteiger partial charge in [-0.2, -0.15) is 0 Å². The lowest BCUT2D eigenvalue weighted by molar-refractivity contribution is 0.0106. The number of anilines is 1. The van der Waals surface area contributed by atoms with Crippen LogP contribution in [0.3, 0.4) is 0 Å². The van der Waals surface area contributed by atoms with E-state index in [2.05, 4.69) is 33.7 Å². The maximum Gasteiger partial charge on any atom is 0.404 e. The number of carboxylic acid groups (broad SMARTS) is 1. The third kappa shape index (κ3) is 8.48. The molecular formula is C32H37F2N3O6. The fourth-order valence-electron chi connectivity index (χ4n) is 5.36. The lowest BCUT2D eigenvalue weighted by Gasteiger charge is -2.33. The molecule has 11 heteroatoms. The summed E-state index contributed by atoms with van der Waals surface area (Å²) in [6.45, 7) is 4.83. The molecule has 230 valence electrons. The molecule has 3 aromatic carbocycles. The molecule has 1 fully saturated rings. The number of hydrogen-bond donors (Lipinski definition) is 3. The van der Waals surface area contributed by atoms with Gasteiger partial charge in [0.25, 0.3) is 0 Å². The Labute approximate surface area is 249 Å². The van der Waals surface area contributed by atoms with Gasteiger partial charge in [0.2, 0.25) is 0 Å². The fraction of sp³-hybridized carbons (Fsp3) is 0.406. The van der Waals surface area contributed by atoms with E-state index in [1.807, 2.05) is 24.3 Å². The Balaban J connectivity index is 1.11. The Kier molecular flexibility index (Phi) is 10.5. The van der Waals surface area contributed by atoms with Crippen molar-refractivity contribution in [2.45, 2.75) is 31.5 Å². The zero-order chi connectivity index (χ0) is 30.0. The maximum absolute atomic E-state index is 13.7. The Morgan fingerprint density at radius 3 is 2.74 bits per heavy atom. The number of hydrogen-bond acceptors (Lipinski definition) is 7. The van der Waals surface area contributed by atoms with Crippen molar-refractivity contribution in [2.75, 3.05) is 57.4 Å². The molecular weight excluding hydrogens is 560 g/mol. The summed E-state index contributed by atoms with van der Waals surface area (Å²) >= 11 is 0. The van der Waals surface area contributed by atoms with Gasteiger partial charge in [0, 0.05) is 38.0 Å². The van der Waals surface area contributed by atoms with Crippen molar-refractivity contribution in [2.24, 2.45) is 0 Å². The van der Waals surface area contributed by atoms with E-state index in [9.17, 15) is 13.6 Å². The van der Waals surface area contributed by atoms with Crippen molar-refractivity contribution in [1.29, 1.82) is 0 Å². The van der Waals surface area contributed by atoms with E-state index in [0.29, 0.717) is 45.9 Å². The van der Waals surface area contributed by atoms with Crippen LogP contribution < -0.4 is 29.7 Å². The predicted molar refractivity (Wildman–Crippen MR) is 157 cm³/mol. The predicted octanol–water partition coefficient (Wildman–Crippen LogP) is 4.94. The minimum Gasteiger partial charge on any atom is -0.493 e. The highest BCUT2D eigenvalue weighted by Gasteiger charge is 2.27. The van der Waals surface area contributed by atoms with Crippen LogP contribution in [0.1, 0.15) is 29.9 Å². The minimum atomic E-state index is -1.03. The van der Waals surface area contributed by atoms with Gasteiger partial charge in [0.15, 0.2) is 11.6 Å². The standard InChI is InChI=1S/C32H37F2N3O6/c33-24-5-8-27(34)30(19-24)41-16-1-15-40-25-6-3-23(4-7-25)26-10-11-35-20-31(26)43-21-22-2-9-29-28(18-22)37(14-17-42-29)13-12-36-32(38)39/h2-9,18-19,26,31,35-36H,1,10-17,20-21H2,(H,38,39). The third-order valence-corrected chi connectivity index (χ3v) is 7.55. The largest absolute Gasteiger partial charge is 0.493 e. The zero-order valence-electron chi connectivity index (χ0n) is 23.9. The quantitative estimate of drug-likeness (QED) is 0.238. The summed E-state index contributed by atoms with van der Waals surface area (Å²) in [7, 11) is 0. The highest BCUT2D eigenvalue weighted by Crippen LogP contribution is 2.34. The zero-order valence-corrected chi connectivity index (χ0v) is 23.9. The smallest absolute Gasteiger partial charge is 0.404 e. The van der Waals surface area contributed by atoms with Crippen LogP contribution in [0.15, 0.2) is 60.7 Å². The van der Waals surface area contributed by atoms with Gasteiger partial charge in [0.1, 0.15) is 23.9 Å². The molecule has 0 aliphatic carbocycles. The third-order valence-electron chi connectivity index (χ3n) is 7.55. The summed E-state index contributed by atoms with van der Waals surface area (Å²) < 4.78 is 50.3. The number of fused-ring (bicyclic) bond motifs is 1. The van der Waals surface area contributed by atoms with E-state index < -0.39 is 17.7 Å². The highest BCUT2D eigenvalue weighted by atomic mass is 19.1. The van der Waals surface area contributed by atoms with Gasteiger partial charge < -0.3 is 39.6 Å². The molecule has 1 amide bonds. The monoisotopic (exact) mass is 597 g/mol. The topological polar surface area (TPSA) is 102 Å². The molecule has 3 N–H and O–H groups in total. The molecule has 2 aliphatic rings. The minimum absolute atomic E-state index is 0.0102. The maximum atomic E-state index is 13.7. The van der Waals surface area contributed by atoms with E-state index in [1.54, 1.807) is 0 Å². The van der Waals surface area contributed by atoms with Gasteiger partial charge in [-0.3, -0.25) is 0 Å². The van der Waals surface area contributed by atoms with Crippen molar-refractivity contribution >= 4 is 11.8 Å². The summed E-state index contributed by atoms with van der Waals surface area (Å²) in [5.74, 6) is 0.508. The first kappa shape index (κ1) is 30.4. The van der Waals surface area contributed by atoms with Crippen LogP contribution in [-0.4, -0.2) is 69.8 Å². The molecule has 0 saturated carbocycles. The lowest BCUT2D eigenvalue weighted by Crippen LogP contribution is -2.41. The number of rotatable bonds is 13. The highest BCUT2D eigenvalue weighted by molar-refractivity contribution is 5.65. The van der Waals surface area contributed by atoms with E-state index in [1.165, 1.54) is 5.56 Å². The fourth-order valence-corrected chi connectivity index (χ4v) is 5.36. The van der Waals surface area contributed by atoms with Crippen molar-refractivity contribution < 1.29 is 37.6 Å². The van der Waals surface area contributed by atoms with Crippen molar-refractivity contribution in [3.8, 4) is 17.2 Å². The molecule has 1 saturated heterocycles. The first-order valence-corrected chi connectivity index (χ1v) is 14.6. The van der Waals surface area contributed by atoms with Crippen LogP contribution in [0.2, 0.25) is 0 Å². The number of ether oxygens (including phenoxy) is 4. The number of amides is 1. The molecule has 9 nitrogen and oxygen atoms in total. The molecule has 2 aliphatic heterocycles. The van der Waals surface area contributed by atoms with Gasteiger partial charge >= 0.3 is 6.09 Å². The summed E-state index contributed by atoms with van der Waals surface area (Å²) in [6, 6.07) is 17.2. The van der Waals surface area contributed by atoms with Gasteiger partial charge in [-0.15, -0.1) is 0 Å². The first-order chi connectivity index (χ1) is 21.0. The van der Waals surface area contributed by atoms with Gasteiger partial charge in [0.05, 0.1) is 38.2 Å². The second-order valence-corrected chi connectivity index (χ2v) is 10.5.